The van der Waals surface area contributed by atoms with E-state index in [1.807, 2.05) is 0 Å². The van der Waals surface area contributed by atoms with Crippen LogP contribution in [0.5, 0.6) is 5.75 Å². The molecule has 0 bridgehead atoms. The Kier molecular flexibility index (Phi) is 5.04. The standard InChI is InChI=1S/C19H20F4N2O4/c20-13-6-12(19(21,22)23)2-4-15(13)28-9-10-7-25(8-10)17(26)11-1-3-16-14(5-11)24-18(27)29-16/h2,4,6,10-11,14,16H,1,3,5,7-9H2,(H,24,27)/t11-,14?,16?/m0/s1. The Labute approximate surface area is 164 Å². The molecule has 4 rings (SSSR count). The maximum absolute atomic E-state index is 13.8. The molecule has 2 saturated heterocycles. The highest BCUT2D eigenvalue weighted by molar-refractivity contribution is 5.80. The summed E-state index contributed by atoms with van der Waals surface area (Å²) >= 11 is 0. The fourth-order valence-electron chi connectivity index (χ4n) is 4.10. The summed E-state index contributed by atoms with van der Waals surface area (Å²) in [6.07, 6.45) is -3.37. The number of alkyl carbamates (subject to hydrolysis) is 1. The van der Waals surface area contributed by atoms with E-state index in [0.29, 0.717) is 38.4 Å². The van der Waals surface area contributed by atoms with Crippen molar-refractivity contribution in [3.05, 3.63) is 29.6 Å². The van der Waals surface area contributed by atoms with Crippen LogP contribution in [0.15, 0.2) is 18.2 Å². The highest BCUT2D eigenvalue weighted by atomic mass is 19.4. The number of likely N-dealkylation sites (tertiary alicyclic amines) is 1. The van der Waals surface area contributed by atoms with Crippen molar-refractivity contribution in [3.8, 4) is 5.75 Å². The number of halogens is 4. The summed E-state index contributed by atoms with van der Waals surface area (Å²) in [7, 11) is 0. The lowest BCUT2D eigenvalue weighted by atomic mass is 9.82. The first kappa shape index (κ1) is 19.8. The molecule has 2 aliphatic heterocycles. The minimum atomic E-state index is -4.61. The summed E-state index contributed by atoms with van der Waals surface area (Å²) in [5.41, 5.74) is -1.07. The molecule has 2 unspecified atom stereocenters. The molecule has 3 atom stereocenters. The van der Waals surface area contributed by atoms with E-state index in [1.165, 1.54) is 0 Å². The molecule has 1 aliphatic carbocycles. The lowest BCUT2D eigenvalue weighted by Crippen LogP contribution is -2.55. The Hall–Kier alpha value is -2.52. The van der Waals surface area contributed by atoms with Crippen molar-refractivity contribution in [2.24, 2.45) is 11.8 Å². The van der Waals surface area contributed by atoms with Gasteiger partial charge in [0, 0.05) is 24.9 Å². The van der Waals surface area contributed by atoms with Gasteiger partial charge in [-0.3, -0.25) is 4.79 Å². The van der Waals surface area contributed by atoms with E-state index in [1.54, 1.807) is 4.90 Å². The highest BCUT2D eigenvalue weighted by Crippen LogP contribution is 2.34. The van der Waals surface area contributed by atoms with Gasteiger partial charge in [0.2, 0.25) is 5.91 Å². The summed E-state index contributed by atoms with van der Waals surface area (Å²) in [4.78, 5) is 25.6. The van der Waals surface area contributed by atoms with Gasteiger partial charge < -0.3 is 19.7 Å². The normalized spacial score (nSPS) is 27.0. The quantitative estimate of drug-likeness (QED) is 0.767. The molecule has 3 aliphatic rings. The van der Waals surface area contributed by atoms with Crippen molar-refractivity contribution >= 4 is 12.0 Å². The van der Waals surface area contributed by atoms with Crippen LogP contribution in [0.25, 0.3) is 0 Å². The zero-order valence-electron chi connectivity index (χ0n) is 15.4. The SMILES string of the molecule is O=C1NC2C[C@@H](C(=O)N3CC(COc4ccc(C(F)(F)F)cc4F)C3)CCC2O1. The van der Waals surface area contributed by atoms with Gasteiger partial charge in [-0.15, -0.1) is 0 Å². The van der Waals surface area contributed by atoms with Crippen LogP contribution in [0, 0.1) is 17.7 Å². The van der Waals surface area contributed by atoms with Gasteiger partial charge >= 0.3 is 12.3 Å². The van der Waals surface area contributed by atoms with Crippen molar-refractivity contribution in [1.82, 2.24) is 10.2 Å². The predicted octanol–water partition coefficient (Wildman–Crippen LogP) is 2.96. The van der Waals surface area contributed by atoms with Gasteiger partial charge in [0.15, 0.2) is 11.6 Å². The molecule has 0 radical (unpaired) electrons. The lowest BCUT2D eigenvalue weighted by molar-refractivity contribution is -0.144. The molecular formula is C19H20F4N2O4. The van der Waals surface area contributed by atoms with Gasteiger partial charge in [-0.05, 0) is 37.5 Å². The fraction of sp³-hybridized carbons (Fsp3) is 0.579. The van der Waals surface area contributed by atoms with E-state index in [4.69, 9.17) is 9.47 Å². The third-order valence-corrected chi connectivity index (χ3v) is 5.70. The average molecular weight is 416 g/mol. The second-order valence-corrected chi connectivity index (χ2v) is 7.77. The molecule has 3 fully saturated rings. The summed E-state index contributed by atoms with van der Waals surface area (Å²) in [6.45, 7) is 1.02. The Morgan fingerprint density at radius 3 is 2.72 bits per heavy atom. The number of ether oxygens (including phenoxy) is 2. The van der Waals surface area contributed by atoms with Crippen molar-refractivity contribution < 1.29 is 36.6 Å². The van der Waals surface area contributed by atoms with Crippen LogP contribution in [-0.4, -0.2) is 48.7 Å². The first-order valence-corrected chi connectivity index (χ1v) is 9.46. The minimum absolute atomic E-state index is 0.00787. The van der Waals surface area contributed by atoms with Gasteiger partial charge in [-0.25, -0.2) is 9.18 Å². The average Bonchev–Trinajstić information content (AvgIpc) is 2.99. The molecule has 10 heteroatoms. The number of rotatable bonds is 4. The van der Waals surface area contributed by atoms with E-state index in [9.17, 15) is 27.2 Å². The van der Waals surface area contributed by atoms with Crippen LogP contribution >= 0.6 is 0 Å². The molecule has 1 saturated carbocycles. The van der Waals surface area contributed by atoms with Crippen LogP contribution in [0.1, 0.15) is 24.8 Å². The lowest BCUT2D eigenvalue weighted by Gasteiger charge is -2.42. The Bertz CT molecular complexity index is 810. The van der Waals surface area contributed by atoms with E-state index in [-0.39, 0.29) is 42.2 Å². The zero-order valence-corrected chi connectivity index (χ0v) is 15.4. The number of carbonyl (C=O) groups excluding carboxylic acids is 2. The molecule has 0 aromatic heterocycles. The van der Waals surface area contributed by atoms with Crippen molar-refractivity contribution in [3.63, 3.8) is 0 Å². The maximum atomic E-state index is 13.8. The Morgan fingerprint density at radius 1 is 1.28 bits per heavy atom. The third-order valence-electron chi connectivity index (χ3n) is 5.70. The first-order valence-electron chi connectivity index (χ1n) is 9.46. The molecule has 1 N–H and O–H groups in total. The molecule has 158 valence electrons. The Morgan fingerprint density at radius 2 is 2.03 bits per heavy atom. The number of hydrogen-bond acceptors (Lipinski definition) is 4. The molecule has 0 spiro atoms. The zero-order chi connectivity index (χ0) is 20.8. The topological polar surface area (TPSA) is 67.9 Å². The summed E-state index contributed by atoms with van der Waals surface area (Å²) in [6, 6.07) is 2.02. The minimum Gasteiger partial charge on any atom is -0.490 e. The highest BCUT2D eigenvalue weighted by Gasteiger charge is 2.44. The second-order valence-electron chi connectivity index (χ2n) is 7.77. The second kappa shape index (κ2) is 7.38. The van der Waals surface area contributed by atoms with E-state index >= 15 is 0 Å². The van der Waals surface area contributed by atoms with Gasteiger partial charge in [-0.1, -0.05) is 0 Å². The van der Waals surface area contributed by atoms with E-state index in [0.717, 1.165) is 12.1 Å². The van der Waals surface area contributed by atoms with Crippen molar-refractivity contribution in [2.45, 2.75) is 37.6 Å². The van der Waals surface area contributed by atoms with E-state index < -0.39 is 23.7 Å². The molecule has 2 heterocycles. The smallest absolute Gasteiger partial charge is 0.416 e. The number of fused-ring (bicyclic) bond motifs is 1. The number of benzene rings is 1. The van der Waals surface area contributed by atoms with Crippen molar-refractivity contribution in [2.75, 3.05) is 19.7 Å². The number of nitrogens with one attached hydrogen (secondary N) is 1. The van der Waals surface area contributed by atoms with Gasteiger partial charge in [0.25, 0.3) is 0 Å². The molecule has 29 heavy (non-hydrogen) atoms. The summed E-state index contributed by atoms with van der Waals surface area (Å²) < 4.78 is 62.0. The molecule has 2 amide bonds. The van der Waals surface area contributed by atoms with Crippen LogP contribution in [-0.2, 0) is 15.7 Å². The van der Waals surface area contributed by atoms with Crippen LogP contribution in [0.2, 0.25) is 0 Å². The largest absolute Gasteiger partial charge is 0.490 e. The number of amides is 2. The fourth-order valence-corrected chi connectivity index (χ4v) is 4.10. The predicted molar refractivity (Wildman–Crippen MR) is 91.5 cm³/mol. The first-order chi connectivity index (χ1) is 13.7. The van der Waals surface area contributed by atoms with Crippen LogP contribution in [0.3, 0.4) is 0 Å². The number of carbonyl (C=O) groups is 2. The third kappa shape index (κ3) is 4.11. The summed E-state index contributed by atoms with van der Waals surface area (Å²) in [5.74, 6) is -1.47. The molecular weight excluding hydrogens is 396 g/mol. The van der Waals surface area contributed by atoms with Gasteiger partial charge in [0.05, 0.1) is 18.2 Å². The Balaban J connectivity index is 1.23. The van der Waals surface area contributed by atoms with Crippen molar-refractivity contribution in [1.29, 1.82) is 0 Å². The van der Waals surface area contributed by atoms with E-state index in [2.05, 4.69) is 5.32 Å². The van der Waals surface area contributed by atoms with Crippen LogP contribution < -0.4 is 10.1 Å². The van der Waals surface area contributed by atoms with Gasteiger partial charge in [-0.2, -0.15) is 13.2 Å². The maximum Gasteiger partial charge on any atom is 0.416 e. The number of hydrogen-bond donors (Lipinski definition) is 1. The summed E-state index contributed by atoms with van der Waals surface area (Å²) in [5, 5.41) is 2.72. The number of alkyl halides is 3. The van der Waals surface area contributed by atoms with Crippen LogP contribution in [0.4, 0.5) is 22.4 Å². The molecule has 6 nitrogen and oxygen atoms in total. The molecule has 1 aromatic carbocycles. The van der Waals surface area contributed by atoms with Gasteiger partial charge in [0.1, 0.15) is 6.10 Å². The monoisotopic (exact) mass is 416 g/mol. The molecule has 1 aromatic rings. The number of nitrogens with zero attached hydrogens (tertiary/aromatic N) is 1.